The van der Waals surface area contributed by atoms with Gasteiger partial charge in [0.15, 0.2) is 0 Å². The van der Waals surface area contributed by atoms with Gasteiger partial charge in [-0.05, 0) is 89.6 Å². The first kappa shape index (κ1) is 40.9. The maximum Gasteiger partial charge on any atom is 0.323 e. The molecule has 11 nitrogen and oxygen atoms in total. The van der Waals surface area contributed by atoms with Crippen LogP contribution in [0, 0.1) is 16.0 Å². The minimum Gasteiger partial charge on any atom is -0.460 e. The second-order valence-corrected chi connectivity index (χ2v) is 16.3. The van der Waals surface area contributed by atoms with Crippen LogP contribution in [0.5, 0.6) is 0 Å². The number of benzene rings is 4. The Hall–Kier alpha value is -4.91. The molecule has 0 amide bonds. The number of hydrogen-bond acceptors (Lipinski definition) is 10. The van der Waals surface area contributed by atoms with E-state index in [0.717, 1.165) is 41.0 Å². The lowest BCUT2D eigenvalue weighted by Crippen LogP contribution is -2.54. The average molecular weight is 745 g/mol. The average Bonchev–Trinajstić information content (AvgIpc) is 3.10. The molecule has 4 rings (SSSR count). The number of nitro benzene ring substituents is 1. The monoisotopic (exact) mass is 744 g/mol. The largest absolute Gasteiger partial charge is 0.460 e. The van der Waals surface area contributed by atoms with Gasteiger partial charge < -0.3 is 9.47 Å². The van der Waals surface area contributed by atoms with Crippen molar-refractivity contribution in [2.75, 3.05) is 6.61 Å². The molecule has 0 unspecified atom stereocenters. The summed E-state index contributed by atoms with van der Waals surface area (Å²) in [5.74, 6) is -2.02. The third kappa shape index (κ3) is 11.3. The number of nitro groups is 1. The van der Waals surface area contributed by atoms with Crippen LogP contribution in [0.15, 0.2) is 120 Å². The summed E-state index contributed by atoms with van der Waals surface area (Å²) in [5, 5.41) is 14.7. The van der Waals surface area contributed by atoms with E-state index in [2.05, 4.69) is 5.32 Å². The van der Waals surface area contributed by atoms with Gasteiger partial charge in [-0.1, -0.05) is 91.0 Å². The van der Waals surface area contributed by atoms with Crippen molar-refractivity contribution in [3.8, 4) is 0 Å². The van der Waals surface area contributed by atoms with E-state index >= 15 is 0 Å². The van der Waals surface area contributed by atoms with Gasteiger partial charge in [0.05, 0.1) is 27.9 Å². The Kier molecular flexibility index (Phi) is 13.3. The van der Waals surface area contributed by atoms with Crippen LogP contribution >= 0.6 is 0 Å². The molecule has 0 aliphatic rings. The van der Waals surface area contributed by atoms with Crippen LogP contribution in [0.1, 0.15) is 77.5 Å². The molecular formula is C41H48N2O9S. The van der Waals surface area contributed by atoms with Crippen LogP contribution in [0.4, 0.5) is 5.69 Å². The summed E-state index contributed by atoms with van der Waals surface area (Å²) in [5.41, 5.74) is -0.479. The quantitative estimate of drug-likeness (QED) is 0.0302. The molecule has 53 heavy (non-hydrogen) atoms. The maximum atomic E-state index is 14.3. The van der Waals surface area contributed by atoms with Crippen LogP contribution in [0.3, 0.4) is 0 Å². The van der Waals surface area contributed by atoms with E-state index in [1.54, 1.807) is 41.5 Å². The molecule has 0 fully saturated rings. The second-order valence-electron chi connectivity index (χ2n) is 14.7. The van der Waals surface area contributed by atoms with E-state index in [0.29, 0.717) is 0 Å². The fourth-order valence-corrected chi connectivity index (χ4v) is 6.91. The molecule has 12 heteroatoms. The zero-order valence-electron chi connectivity index (χ0n) is 31.0. The van der Waals surface area contributed by atoms with Crippen molar-refractivity contribution < 1.29 is 36.6 Å². The topological polar surface area (TPSA) is 151 Å². The molecule has 0 heterocycles. The second kappa shape index (κ2) is 17.3. The van der Waals surface area contributed by atoms with Gasteiger partial charge in [0, 0.05) is 12.1 Å². The summed E-state index contributed by atoms with van der Waals surface area (Å²) in [6, 6.07) is 32.5. The van der Waals surface area contributed by atoms with Gasteiger partial charge in [-0.3, -0.25) is 29.2 Å². The van der Waals surface area contributed by atoms with Gasteiger partial charge in [-0.2, -0.15) is 8.42 Å². The van der Waals surface area contributed by atoms with Gasteiger partial charge in [-0.25, -0.2) is 0 Å². The van der Waals surface area contributed by atoms with Gasteiger partial charge in [0.1, 0.15) is 17.2 Å². The van der Waals surface area contributed by atoms with Crippen molar-refractivity contribution >= 4 is 27.7 Å². The number of ether oxygens (including phenoxy) is 2. The number of hydrogen-bond donors (Lipinski definition) is 1. The Morgan fingerprint density at radius 3 is 1.55 bits per heavy atom. The Balaban J connectivity index is 1.72. The predicted molar refractivity (Wildman–Crippen MR) is 201 cm³/mol. The molecular weight excluding hydrogens is 697 g/mol. The van der Waals surface area contributed by atoms with Crippen molar-refractivity contribution in [1.82, 2.24) is 5.32 Å². The van der Waals surface area contributed by atoms with Crippen LogP contribution in [0.2, 0.25) is 0 Å². The van der Waals surface area contributed by atoms with Crippen LogP contribution in [-0.4, -0.2) is 49.1 Å². The number of esters is 2. The summed E-state index contributed by atoms with van der Waals surface area (Å²) in [6.45, 7) is 10.3. The first-order valence-corrected chi connectivity index (χ1v) is 18.9. The number of non-ortho nitro benzene ring substituents is 1. The predicted octanol–water partition coefficient (Wildman–Crippen LogP) is 7.72. The summed E-state index contributed by atoms with van der Waals surface area (Å²) in [6.07, 6.45) is 0.173. The van der Waals surface area contributed by atoms with Gasteiger partial charge in [-0.15, -0.1) is 0 Å². The van der Waals surface area contributed by atoms with Crippen molar-refractivity contribution in [2.24, 2.45) is 5.92 Å². The molecule has 0 saturated carbocycles. The molecule has 4 aromatic rings. The van der Waals surface area contributed by atoms with Gasteiger partial charge in [0.2, 0.25) is 0 Å². The summed E-state index contributed by atoms with van der Waals surface area (Å²) < 4.78 is 42.8. The van der Waals surface area contributed by atoms with E-state index < -0.39 is 55.7 Å². The Labute approximate surface area is 312 Å². The lowest BCUT2D eigenvalue weighted by molar-refractivity contribution is -0.384. The zero-order chi connectivity index (χ0) is 38.9. The Morgan fingerprint density at radius 2 is 1.13 bits per heavy atom. The molecule has 0 spiro atoms. The molecule has 2 atom stereocenters. The highest BCUT2D eigenvalue weighted by molar-refractivity contribution is 7.86. The number of nitrogens with zero attached hydrogens (tertiary/aromatic N) is 1. The molecule has 1 N–H and O–H groups in total. The minimum atomic E-state index is -4.25. The van der Waals surface area contributed by atoms with E-state index in [9.17, 15) is 28.1 Å². The highest BCUT2D eigenvalue weighted by atomic mass is 32.2. The molecule has 0 saturated heterocycles. The van der Waals surface area contributed by atoms with Gasteiger partial charge >= 0.3 is 11.9 Å². The van der Waals surface area contributed by atoms with Gasteiger partial charge in [0.25, 0.3) is 15.8 Å². The minimum absolute atomic E-state index is 0.0484. The lowest BCUT2D eigenvalue weighted by Gasteiger charge is -2.40. The molecule has 0 radical (unpaired) electrons. The molecule has 0 bridgehead atoms. The summed E-state index contributed by atoms with van der Waals surface area (Å²) >= 11 is 0. The Morgan fingerprint density at radius 1 is 0.698 bits per heavy atom. The highest BCUT2D eigenvalue weighted by Crippen LogP contribution is 2.38. The van der Waals surface area contributed by atoms with Crippen molar-refractivity contribution in [3.63, 3.8) is 0 Å². The van der Waals surface area contributed by atoms with Crippen molar-refractivity contribution in [1.29, 1.82) is 0 Å². The van der Waals surface area contributed by atoms with Crippen LogP contribution in [-0.2, 0) is 38.9 Å². The zero-order valence-corrected chi connectivity index (χ0v) is 31.8. The SMILES string of the molecule is CC(C)(C)OC(=O)[C@@H](CCCOS(=O)(=O)c1ccc([N+](=O)[O-])cc1)C[C@H](NC(c1ccccc1)(c1ccccc1)c1ccccc1)C(=O)OC(C)(C)C. The summed E-state index contributed by atoms with van der Waals surface area (Å²) in [4.78, 5) is 38.3. The van der Waals surface area contributed by atoms with E-state index in [-0.39, 0.29) is 36.5 Å². The van der Waals surface area contributed by atoms with Crippen molar-refractivity contribution in [3.05, 3.63) is 142 Å². The Bertz CT molecular complexity index is 1830. The summed E-state index contributed by atoms with van der Waals surface area (Å²) in [7, 11) is -4.25. The molecule has 0 aliphatic heterocycles. The number of nitrogens with one attached hydrogen (secondary N) is 1. The molecule has 4 aromatic carbocycles. The highest BCUT2D eigenvalue weighted by Gasteiger charge is 2.42. The van der Waals surface area contributed by atoms with E-state index in [1.807, 2.05) is 91.0 Å². The van der Waals surface area contributed by atoms with Crippen LogP contribution < -0.4 is 5.32 Å². The number of carbonyl (C=O) groups excluding carboxylic acids is 2. The number of carbonyl (C=O) groups is 2. The van der Waals surface area contributed by atoms with E-state index in [1.165, 1.54) is 0 Å². The third-order valence-electron chi connectivity index (χ3n) is 8.23. The third-order valence-corrected chi connectivity index (χ3v) is 9.56. The normalized spacial score (nSPS) is 13.5. The fourth-order valence-electron chi connectivity index (χ4n) is 5.97. The first-order chi connectivity index (χ1) is 24.9. The lowest BCUT2D eigenvalue weighted by atomic mass is 9.76. The molecule has 0 aliphatic carbocycles. The van der Waals surface area contributed by atoms with Crippen molar-refractivity contribution in [2.45, 2.75) is 88.5 Å². The van der Waals surface area contributed by atoms with E-state index in [4.69, 9.17) is 13.7 Å². The maximum absolute atomic E-state index is 14.3. The standard InChI is InChI=1S/C41H48N2O9S/c1-39(2,3)51-37(44)30(17-16-28-50-53(48,49)35-26-24-34(25-27-35)43(46)47)29-36(38(45)52-40(4,5)6)42-41(31-18-10-7-11-19-31,32-20-12-8-13-21-32)33-22-14-9-15-23-33/h7-15,18-27,30,36,42H,16-17,28-29H2,1-6H3/t30-,36-/m0/s1. The molecule has 282 valence electrons. The van der Waals surface area contributed by atoms with Crippen LogP contribution in [0.25, 0.3) is 0 Å². The smallest absolute Gasteiger partial charge is 0.323 e. The molecule has 0 aromatic heterocycles. The first-order valence-electron chi connectivity index (χ1n) is 17.5. The number of rotatable bonds is 16. The fraction of sp³-hybridized carbons (Fsp3) is 0.366.